The van der Waals surface area contributed by atoms with Crippen molar-refractivity contribution in [2.75, 3.05) is 13.1 Å². The molecule has 0 spiro atoms. The van der Waals surface area contributed by atoms with E-state index in [0.717, 1.165) is 11.8 Å². The van der Waals surface area contributed by atoms with Crippen molar-refractivity contribution in [2.24, 2.45) is 17.6 Å². The zero-order valence-electron chi connectivity index (χ0n) is 7.88. The summed E-state index contributed by atoms with van der Waals surface area (Å²) >= 11 is 0. The van der Waals surface area contributed by atoms with Gasteiger partial charge < -0.3 is 5.73 Å². The van der Waals surface area contributed by atoms with Crippen LogP contribution in [0.15, 0.2) is 0 Å². The normalized spacial score (nSPS) is 29.7. The Morgan fingerprint density at radius 1 is 1.36 bits per heavy atom. The Kier molecular flexibility index (Phi) is 2.90. The molecule has 1 aliphatic heterocycles. The van der Waals surface area contributed by atoms with Crippen molar-refractivity contribution in [3.8, 4) is 0 Å². The standard InChI is InChI=1S/C9H20N2/c1-7(2)9-4-5-11(6-9)8(3)10/h7-9H,4-6,10H2,1-3H3. The molecule has 2 nitrogen and oxygen atoms in total. The van der Waals surface area contributed by atoms with Crippen molar-refractivity contribution in [3.63, 3.8) is 0 Å². The Morgan fingerprint density at radius 2 is 2.00 bits per heavy atom. The Bertz CT molecular complexity index is 107. The van der Waals surface area contributed by atoms with Crippen molar-refractivity contribution in [1.82, 2.24) is 4.90 Å². The van der Waals surface area contributed by atoms with E-state index in [4.69, 9.17) is 5.73 Å². The highest BCUT2D eigenvalue weighted by atomic mass is 15.2. The van der Waals surface area contributed by atoms with Crippen molar-refractivity contribution >= 4 is 0 Å². The van der Waals surface area contributed by atoms with E-state index < -0.39 is 0 Å². The average molecular weight is 156 g/mol. The number of rotatable bonds is 2. The van der Waals surface area contributed by atoms with Gasteiger partial charge in [0.05, 0.1) is 6.17 Å². The third-order valence-electron chi connectivity index (χ3n) is 2.77. The van der Waals surface area contributed by atoms with Crippen LogP contribution in [-0.4, -0.2) is 24.2 Å². The second-order valence-electron chi connectivity index (χ2n) is 4.03. The van der Waals surface area contributed by atoms with Gasteiger partial charge in [-0.3, -0.25) is 4.90 Å². The molecule has 1 heterocycles. The Hall–Kier alpha value is -0.0800. The summed E-state index contributed by atoms with van der Waals surface area (Å²) in [5, 5.41) is 0. The Balaban J connectivity index is 2.35. The summed E-state index contributed by atoms with van der Waals surface area (Å²) < 4.78 is 0. The monoisotopic (exact) mass is 156 g/mol. The third kappa shape index (κ3) is 2.17. The molecule has 0 aliphatic carbocycles. The van der Waals surface area contributed by atoms with Gasteiger partial charge in [-0.2, -0.15) is 0 Å². The quantitative estimate of drug-likeness (QED) is 0.652. The van der Waals surface area contributed by atoms with Crippen LogP contribution in [0.5, 0.6) is 0 Å². The molecule has 1 rings (SSSR count). The predicted molar refractivity (Wildman–Crippen MR) is 48.2 cm³/mol. The summed E-state index contributed by atoms with van der Waals surface area (Å²) in [7, 11) is 0. The number of nitrogens with zero attached hydrogens (tertiary/aromatic N) is 1. The van der Waals surface area contributed by atoms with E-state index in [-0.39, 0.29) is 6.17 Å². The molecule has 1 fully saturated rings. The molecule has 0 aromatic heterocycles. The van der Waals surface area contributed by atoms with Crippen LogP contribution in [0.25, 0.3) is 0 Å². The van der Waals surface area contributed by atoms with Crippen molar-refractivity contribution in [3.05, 3.63) is 0 Å². The van der Waals surface area contributed by atoms with Gasteiger partial charge in [0.25, 0.3) is 0 Å². The van der Waals surface area contributed by atoms with Gasteiger partial charge in [0.15, 0.2) is 0 Å². The van der Waals surface area contributed by atoms with Gasteiger partial charge in [0.1, 0.15) is 0 Å². The first kappa shape index (κ1) is 9.01. The van der Waals surface area contributed by atoms with Crippen LogP contribution in [-0.2, 0) is 0 Å². The largest absolute Gasteiger partial charge is 0.316 e. The molecule has 2 atom stereocenters. The van der Waals surface area contributed by atoms with E-state index in [0.29, 0.717) is 0 Å². The van der Waals surface area contributed by atoms with Gasteiger partial charge >= 0.3 is 0 Å². The van der Waals surface area contributed by atoms with Crippen LogP contribution in [0.3, 0.4) is 0 Å². The highest BCUT2D eigenvalue weighted by molar-refractivity contribution is 4.78. The zero-order chi connectivity index (χ0) is 8.43. The molecule has 66 valence electrons. The minimum atomic E-state index is 0.249. The Labute approximate surface area is 69.8 Å². The minimum Gasteiger partial charge on any atom is -0.316 e. The van der Waals surface area contributed by atoms with Gasteiger partial charge in [-0.1, -0.05) is 13.8 Å². The molecule has 1 saturated heterocycles. The lowest BCUT2D eigenvalue weighted by Crippen LogP contribution is -2.38. The first-order valence-electron chi connectivity index (χ1n) is 4.61. The third-order valence-corrected chi connectivity index (χ3v) is 2.77. The summed E-state index contributed by atoms with van der Waals surface area (Å²) in [6.07, 6.45) is 1.58. The van der Waals surface area contributed by atoms with Crippen LogP contribution < -0.4 is 5.73 Å². The highest BCUT2D eigenvalue weighted by Crippen LogP contribution is 2.23. The molecule has 0 saturated carbocycles. The van der Waals surface area contributed by atoms with Crippen LogP contribution in [0, 0.1) is 11.8 Å². The first-order valence-corrected chi connectivity index (χ1v) is 4.61. The maximum Gasteiger partial charge on any atom is 0.0542 e. The van der Waals surface area contributed by atoms with E-state index in [1.165, 1.54) is 19.5 Å². The van der Waals surface area contributed by atoms with Crippen LogP contribution in [0.1, 0.15) is 27.2 Å². The van der Waals surface area contributed by atoms with Gasteiger partial charge in [0, 0.05) is 6.54 Å². The fourth-order valence-corrected chi connectivity index (χ4v) is 1.73. The lowest BCUT2D eigenvalue weighted by Gasteiger charge is -2.21. The van der Waals surface area contributed by atoms with Crippen LogP contribution in [0.2, 0.25) is 0 Å². The van der Waals surface area contributed by atoms with Crippen LogP contribution in [0.4, 0.5) is 0 Å². The summed E-state index contributed by atoms with van der Waals surface area (Å²) in [6.45, 7) is 9.07. The van der Waals surface area contributed by atoms with Gasteiger partial charge in [-0.15, -0.1) is 0 Å². The molecule has 0 radical (unpaired) electrons. The topological polar surface area (TPSA) is 29.3 Å². The van der Waals surface area contributed by atoms with E-state index in [9.17, 15) is 0 Å². The molecule has 2 N–H and O–H groups in total. The van der Waals surface area contributed by atoms with Crippen molar-refractivity contribution in [1.29, 1.82) is 0 Å². The van der Waals surface area contributed by atoms with E-state index >= 15 is 0 Å². The van der Waals surface area contributed by atoms with Crippen molar-refractivity contribution in [2.45, 2.75) is 33.4 Å². The summed E-state index contributed by atoms with van der Waals surface area (Å²) in [6, 6.07) is 0. The molecular weight excluding hydrogens is 136 g/mol. The molecule has 0 amide bonds. The van der Waals surface area contributed by atoms with Crippen LogP contribution >= 0.6 is 0 Å². The molecular formula is C9H20N2. The fourth-order valence-electron chi connectivity index (χ4n) is 1.73. The molecule has 11 heavy (non-hydrogen) atoms. The number of nitrogens with two attached hydrogens (primary N) is 1. The average Bonchev–Trinajstić information content (AvgIpc) is 2.33. The number of hydrogen-bond acceptors (Lipinski definition) is 2. The molecule has 0 bridgehead atoms. The zero-order valence-corrected chi connectivity index (χ0v) is 7.88. The summed E-state index contributed by atoms with van der Waals surface area (Å²) in [4.78, 5) is 2.37. The molecule has 1 aliphatic rings. The molecule has 2 heteroatoms. The maximum atomic E-state index is 5.79. The lowest BCUT2D eigenvalue weighted by molar-refractivity contribution is 0.244. The second-order valence-corrected chi connectivity index (χ2v) is 4.03. The molecule has 0 aromatic rings. The van der Waals surface area contributed by atoms with E-state index in [1.807, 2.05) is 0 Å². The van der Waals surface area contributed by atoms with Gasteiger partial charge in [-0.05, 0) is 31.7 Å². The first-order chi connectivity index (χ1) is 5.11. The van der Waals surface area contributed by atoms with Gasteiger partial charge in [-0.25, -0.2) is 0 Å². The van der Waals surface area contributed by atoms with Gasteiger partial charge in [0.2, 0.25) is 0 Å². The lowest BCUT2D eigenvalue weighted by atomic mass is 9.95. The summed E-state index contributed by atoms with van der Waals surface area (Å²) in [5.41, 5.74) is 5.79. The highest BCUT2D eigenvalue weighted by Gasteiger charge is 2.25. The molecule has 0 aromatic carbocycles. The molecule has 2 unspecified atom stereocenters. The van der Waals surface area contributed by atoms with Crippen molar-refractivity contribution < 1.29 is 0 Å². The smallest absolute Gasteiger partial charge is 0.0542 e. The second kappa shape index (κ2) is 3.55. The maximum absolute atomic E-state index is 5.79. The minimum absolute atomic E-state index is 0.249. The SMILES string of the molecule is CC(C)C1CCN(C(C)N)C1. The predicted octanol–water partition coefficient (Wildman–Crippen LogP) is 1.27. The van der Waals surface area contributed by atoms with E-state index in [1.54, 1.807) is 0 Å². The van der Waals surface area contributed by atoms with E-state index in [2.05, 4.69) is 25.7 Å². The summed E-state index contributed by atoms with van der Waals surface area (Å²) in [5.74, 6) is 1.69. The fraction of sp³-hybridized carbons (Fsp3) is 1.00. The number of likely N-dealkylation sites (tertiary alicyclic amines) is 1. The Morgan fingerprint density at radius 3 is 2.27 bits per heavy atom. The number of hydrogen-bond donors (Lipinski definition) is 1.